The van der Waals surface area contributed by atoms with Crippen LogP contribution in [-0.2, 0) is 6.42 Å². The number of ether oxygens (including phenoxy) is 4. The topological polar surface area (TPSA) is 92.0 Å². The molecule has 0 aromatic heterocycles. The SMILES string of the molecule is COc1ccc(CCNC(C)COc2ccc(C(N)=O)c(OC)c2)cc1OC. The summed E-state index contributed by atoms with van der Waals surface area (Å²) in [6.07, 6.45) is 0.853. The molecule has 1 unspecified atom stereocenters. The van der Waals surface area contributed by atoms with Gasteiger partial charge in [-0.15, -0.1) is 0 Å². The lowest BCUT2D eigenvalue weighted by Crippen LogP contribution is -2.33. The van der Waals surface area contributed by atoms with Crippen molar-refractivity contribution in [2.24, 2.45) is 5.73 Å². The maximum absolute atomic E-state index is 11.3. The fourth-order valence-corrected chi connectivity index (χ4v) is 2.74. The molecule has 2 aromatic rings. The standard InChI is InChI=1S/C21H28N2O5/c1-14(13-28-16-6-7-17(21(22)24)19(12-16)26-3)23-10-9-15-5-8-18(25-2)20(11-15)27-4/h5-8,11-12,14,23H,9-10,13H2,1-4H3,(H2,22,24). The maximum Gasteiger partial charge on any atom is 0.252 e. The third-order valence-corrected chi connectivity index (χ3v) is 4.29. The lowest BCUT2D eigenvalue weighted by Gasteiger charge is -2.16. The highest BCUT2D eigenvalue weighted by atomic mass is 16.5. The van der Waals surface area contributed by atoms with Gasteiger partial charge in [0.15, 0.2) is 11.5 Å². The molecule has 0 fully saturated rings. The van der Waals surface area contributed by atoms with Crippen molar-refractivity contribution in [2.75, 3.05) is 34.5 Å². The second kappa shape index (κ2) is 10.4. The molecule has 0 bridgehead atoms. The van der Waals surface area contributed by atoms with Crippen LogP contribution in [0, 0.1) is 0 Å². The van der Waals surface area contributed by atoms with Crippen LogP contribution in [0.3, 0.4) is 0 Å². The zero-order valence-electron chi connectivity index (χ0n) is 16.8. The number of hydrogen-bond acceptors (Lipinski definition) is 6. The second-order valence-corrected chi connectivity index (χ2v) is 6.33. The Morgan fingerprint density at radius 1 is 1.00 bits per heavy atom. The van der Waals surface area contributed by atoms with E-state index in [9.17, 15) is 4.79 Å². The van der Waals surface area contributed by atoms with Gasteiger partial charge >= 0.3 is 0 Å². The number of nitrogens with two attached hydrogens (primary N) is 1. The summed E-state index contributed by atoms with van der Waals surface area (Å²) in [4.78, 5) is 11.3. The molecule has 0 radical (unpaired) electrons. The van der Waals surface area contributed by atoms with E-state index in [0.29, 0.717) is 23.7 Å². The molecule has 3 N–H and O–H groups in total. The van der Waals surface area contributed by atoms with E-state index in [4.69, 9.17) is 24.7 Å². The first-order chi connectivity index (χ1) is 13.5. The van der Waals surface area contributed by atoms with Crippen molar-refractivity contribution >= 4 is 5.91 Å². The first-order valence-electron chi connectivity index (χ1n) is 9.03. The molecule has 1 amide bonds. The van der Waals surface area contributed by atoms with Crippen molar-refractivity contribution in [1.29, 1.82) is 0 Å². The molecule has 152 valence electrons. The number of carbonyl (C=O) groups excluding carboxylic acids is 1. The van der Waals surface area contributed by atoms with Gasteiger partial charge in [0.25, 0.3) is 5.91 Å². The molecule has 2 aromatic carbocycles. The third kappa shape index (κ3) is 5.79. The van der Waals surface area contributed by atoms with Crippen LogP contribution in [0.2, 0.25) is 0 Å². The molecule has 0 aliphatic rings. The molecule has 0 heterocycles. The van der Waals surface area contributed by atoms with E-state index in [0.717, 1.165) is 30.0 Å². The third-order valence-electron chi connectivity index (χ3n) is 4.29. The van der Waals surface area contributed by atoms with Gasteiger partial charge in [-0.05, 0) is 49.7 Å². The van der Waals surface area contributed by atoms with Gasteiger partial charge in [0.1, 0.15) is 18.1 Å². The van der Waals surface area contributed by atoms with Gasteiger partial charge in [0, 0.05) is 12.1 Å². The van der Waals surface area contributed by atoms with Gasteiger partial charge in [-0.3, -0.25) is 4.79 Å². The molecule has 7 heteroatoms. The average Bonchev–Trinajstić information content (AvgIpc) is 2.71. The molecular formula is C21H28N2O5. The van der Waals surface area contributed by atoms with Crippen molar-refractivity contribution in [3.63, 3.8) is 0 Å². The van der Waals surface area contributed by atoms with Crippen LogP contribution in [0.4, 0.5) is 0 Å². The van der Waals surface area contributed by atoms with E-state index >= 15 is 0 Å². The monoisotopic (exact) mass is 388 g/mol. The van der Waals surface area contributed by atoms with Crippen LogP contribution < -0.4 is 30.0 Å². The minimum Gasteiger partial charge on any atom is -0.496 e. The summed E-state index contributed by atoms with van der Waals surface area (Å²) in [5.41, 5.74) is 6.80. The Bertz CT molecular complexity index is 794. The molecule has 2 rings (SSSR count). The molecular weight excluding hydrogens is 360 g/mol. The van der Waals surface area contributed by atoms with Gasteiger partial charge in [-0.25, -0.2) is 0 Å². The highest BCUT2D eigenvalue weighted by Gasteiger charge is 2.11. The maximum atomic E-state index is 11.3. The van der Waals surface area contributed by atoms with E-state index in [2.05, 4.69) is 5.32 Å². The predicted molar refractivity (Wildman–Crippen MR) is 108 cm³/mol. The molecule has 0 saturated heterocycles. The van der Waals surface area contributed by atoms with Gasteiger partial charge < -0.3 is 30.0 Å². The van der Waals surface area contributed by atoms with Crippen molar-refractivity contribution in [2.45, 2.75) is 19.4 Å². The van der Waals surface area contributed by atoms with Crippen LogP contribution >= 0.6 is 0 Å². The summed E-state index contributed by atoms with van der Waals surface area (Å²) < 4.78 is 21.6. The van der Waals surface area contributed by atoms with E-state index in [1.807, 2.05) is 25.1 Å². The van der Waals surface area contributed by atoms with Crippen LogP contribution in [0.1, 0.15) is 22.8 Å². The van der Waals surface area contributed by atoms with Gasteiger partial charge in [-0.1, -0.05) is 6.07 Å². The van der Waals surface area contributed by atoms with Gasteiger partial charge in [0.2, 0.25) is 0 Å². The number of amides is 1. The number of hydrogen-bond donors (Lipinski definition) is 2. The Kier molecular flexibility index (Phi) is 7.95. The molecule has 0 aliphatic heterocycles. The lowest BCUT2D eigenvalue weighted by molar-refractivity contribution is 0.0997. The number of rotatable bonds is 11. The smallest absolute Gasteiger partial charge is 0.252 e. The average molecular weight is 388 g/mol. The summed E-state index contributed by atoms with van der Waals surface area (Å²) in [6.45, 7) is 3.32. The second-order valence-electron chi connectivity index (χ2n) is 6.33. The van der Waals surface area contributed by atoms with E-state index in [1.54, 1.807) is 32.4 Å². The Balaban J connectivity index is 1.82. The molecule has 0 aliphatic carbocycles. The van der Waals surface area contributed by atoms with Crippen LogP contribution in [-0.4, -0.2) is 46.4 Å². The fourth-order valence-electron chi connectivity index (χ4n) is 2.74. The van der Waals surface area contributed by atoms with E-state index < -0.39 is 5.91 Å². The minimum atomic E-state index is -0.534. The molecule has 7 nitrogen and oxygen atoms in total. The van der Waals surface area contributed by atoms with Gasteiger partial charge in [-0.2, -0.15) is 0 Å². The van der Waals surface area contributed by atoms with Crippen molar-refractivity contribution in [3.8, 4) is 23.0 Å². The quantitative estimate of drug-likeness (QED) is 0.614. The van der Waals surface area contributed by atoms with Gasteiger partial charge in [0.05, 0.1) is 26.9 Å². The van der Waals surface area contributed by atoms with Crippen LogP contribution in [0.25, 0.3) is 0 Å². The number of benzene rings is 2. The number of carbonyl (C=O) groups is 1. The highest BCUT2D eigenvalue weighted by Crippen LogP contribution is 2.27. The Morgan fingerprint density at radius 3 is 2.36 bits per heavy atom. The summed E-state index contributed by atoms with van der Waals surface area (Å²) in [5.74, 6) is 1.94. The summed E-state index contributed by atoms with van der Waals surface area (Å²) in [5, 5.41) is 3.42. The largest absolute Gasteiger partial charge is 0.496 e. The Hall–Kier alpha value is -2.93. The van der Waals surface area contributed by atoms with Crippen LogP contribution in [0.5, 0.6) is 23.0 Å². The highest BCUT2D eigenvalue weighted by molar-refractivity contribution is 5.95. The first kappa shape index (κ1) is 21.4. The Morgan fingerprint density at radius 2 is 1.71 bits per heavy atom. The predicted octanol–water partition coefficient (Wildman–Crippen LogP) is 2.41. The van der Waals surface area contributed by atoms with E-state index in [1.165, 1.54) is 7.11 Å². The Labute approximate surface area is 165 Å². The van der Waals surface area contributed by atoms with Crippen molar-refractivity contribution < 1.29 is 23.7 Å². The van der Waals surface area contributed by atoms with E-state index in [-0.39, 0.29) is 6.04 Å². The number of methoxy groups -OCH3 is 3. The summed E-state index contributed by atoms with van der Waals surface area (Å²) in [7, 11) is 4.74. The number of primary amides is 1. The minimum absolute atomic E-state index is 0.141. The summed E-state index contributed by atoms with van der Waals surface area (Å²) >= 11 is 0. The first-order valence-corrected chi connectivity index (χ1v) is 9.03. The lowest BCUT2D eigenvalue weighted by atomic mass is 10.1. The molecule has 28 heavy (non-hydrogen) atoms. The molecule has 1 atom stereocenters. The van der Waals surface area contributed by atoms with Crippen molar-refractivity contribution in [1.82, 2.24) is 5.32 Å². The molecule has 0 spiro atoms. The molecule has 0 saturated carbocycles. The normalized spacial score (nSPS) is 11.6. The fraction of sp³-hybridized carbons (Fsp3) is 0.381. The van der Waals surface area contributed by atoms with Crippen molar-refractivity contribution in [3.05, 3.63) is 47.5 Å². The van der Waals surface area contributed by atoms with Crippen LogP contribution in [0.15, 0.2) is 36.4 Å². The number of nitrogens with one attached hydrogen (secondary N) is 1. The zero-order valence-corrected chi connectivity index (χ0v) is 16.8. The summed E-state index contributed by atoms with van der Waals surface area (Å²) in [6, 6.07) is 11.0. The zero-order chi connectivity index (χ0) is 20.5.